The van der Waals surface area contributed by atoms with Gasteiger partial charge in [0.15, 0.2) is 0 Å². The first-order valence-corrected chi connectivity index (χ1v) is 7.12. The van der Waals surface area contributed by atoms with Crippen molar-refractivity contribution in [2.75, 3.05) is 17.7 Å². The van der Waals surface area contributed by atoms with Crippen molar-refractivity contribution in [3.05, 3.63) is 61.7 Å². The van der Waals surface area contributed by atoms with Gasteiger partial charge in [-0.3, -0.25) is 14.9 Å². The number of rotatable bonds is 4. The van der Waals surface area contributed by atoms with Crippen molar-refractivity contribution >= 4 is 45.6 Å². The Labute approximate surface area is 134 Å². The van der Waals surface area contributed by atoms with Crippen LogP contribution in [0.25, 0.3) is 0 Å². The Hall–Kier alpha value is -2.16. The van der Waals surface area contributed by atoms with Gasteiger partial charge in [0.25, 0.3) is 11.6 Å². The summed E-state index contributed by atoms with van der Waals surface area (Å²) < 4.78 is 1.00. The summed E-state index contributed by atoms with van der Waals surface area (Å²) in [5.74, 6) is -0.316. The van der Waals surface area contributed by atoms with E-state index in [1.807, 2.05) is 18.2 Å². The van der Waals surface area contributed by atoms with Gasteiger partial charge in [-0.15, -0.1) is 0 Å². The van der Waals surface area contributed by atoms with E-state index < -0.39 is 4.92 Å². The van der Waals surface area contributed by atoms with Crippen molar-refractivity contribution in [2.45, 2.75) is 0 Å². The number of carbonyl (C=O) groups is 1. The van der Waals surface area contributed by atoms with Crippen LogP contribution < -0.4 is 10.6 Å². The number of nitro groups is 1. The third-order valence-electron chi connectivity index (χ3n) is 2.81. The molecule has 0 aliphatic carbocycles. The van der Waals surface area contributed by atoms with Crippen molar-refractivity contribution in [3.63, 3.8) is 0 Å². The maximum Gasteiger partial charge on any atom is 0.292 e. The number of nitrogens with one attached hydrogen (secondary N) is 2. The highest BCUT2D eigenvalue weighted by atomic mass is 127. The van der Waals surface area contributed by atoms with Crippen LogP contribution in [0.3, 0.4) is 0 Å². The molecule has 0 bridgehead atoms. The molecule has 0 atom stereocenters. The second-order valence-corrected chi connectivity index (χ2v) is 5.45. The number of hydrogen-bond donors (Lipinski definition) is 2. The molecule has 0 radical (unpaired) electrons. The summed E-state index contributed by atoms with van der Waals surface area (Å²) in [5.41, 5.74) is 1.26. The number of nitro benzene ring substituents is 1. The van der Waals surface area contributed by atoms with E-state index in [4.69, 9.17) is 0 Å². The number of benzene rings is 2. The van der Waals surface area contributed by atoms with Gasteiger partial charge in [-0.2, -0.15) is 0 Å². The van der Waals surface area contributed by atoms with Gasteiger partial charge in [0.1, 0.15) is 5.69 Å². The fourth-order valence-electron chi connectivity index (χ4n) is 1.81. The van der Waals surface area contributed by atoms with E-state index in [9.17, 15) is 14.9 Å². The summed E-state index contributed by atoms with van der Waals surface area (Å²) in [4.78, 5) is 22.5. The molecule has 2 rings (SSSR count). The minimum absolute atomic E-state index is 0.0664. The zero-order valence-corrected chi connectivity index (χ0v) is 13.2. The Balaban J connectivity index is 2.25. The average Bonchev–Trinajstić information content (AvgIpc) is 2.46. The molecule has 21 heavy (non-hydrogen) atoms. The number of carbonyl (C=O) groups excluding carboxylic acids is 1. The van der Waals surface area contributed by atoms with Crippen molar-refractivity contribution in [1.82, 2.24) is 0 Å². The van der Waals surface area contributed by atoms with Gasteiger partial charge in [0.2, 0.25) is 0 Å². The molecule has 0 saturated carbocycles. The lowest BCUT2D eigenvalue weighted by atomic mass is 10.1. The van der Waals surface area contributed by atoms with E-state index in [1.54, 1.807) is 13.1 Å². The summed E-state index contributed by atoms with van der Waals surface area (Å²) in [7, 11) is 1.57. The Morgan fingerprint density at radius 1 is 1.24 bits per heavy atom. The van der Waals surface area contributed by atoms with E-state index in [0.717, 1.165) is 3.57 Å². The fraction of sp³-hybridized carbons (Fsp3) is 0.0714. The maximum atomic E-state index is 12.2. The Morgan fingerprint density at radius 3 is 2.62 bits per heavy atom. The lowest BCUT2D eigenvalue weighted by Crippen LogP contribution is -2.12. The van der Waals surface area contributed by atoms with Gasteiger partial charge in [-0.05, 0) is 52.9 Å². The molecule has 1 amide bonds. The number of anilines is 2. The average molecular weight is 397 g/mol. The quantitative estimate of drug-likeness (QED) is 0.470. The Kier molecular flexibility index (Phi) is 4.73. The van der Waals surface area contributed by atoms with Gasteiger partial charge in [0.05, 0.1) is 4.92 Å². The van der Waals surface area contributed by atoms with Crippen LogP contribution >= 0.6 is 22.6 Å². The predicted octanol–water partition coefficient (Wildman–Crippen LogP) is 3.49. The van der Waals surface area contributed by atoms with Crippen LogP contribution in [-0.4, -0.2) is 17.9 Å². The minimum Gasteiger partial charge on any atom is -0.383 e. The summed E-state index contributed by atoms with van der Waals surface area (Å²) >= 11 is 2.15. The monoisotopic (exact) mass is 397 g/mol. The van der Waals surface area contributed by atoms with Crippen LogP contribution in [0, 0.1) is 13.7 Å². The summed E-state index contributed by atoms with van der Waals surface area (Å²) in [6.07, 6.45) is 0. The van der Waals surface area contributed by atoms with Gasteiger partial charge in [0, 0.05) is 27.9 Å². The number of amides is 1. The highest BCUT2D eigenvalue weighted by Gasteiger charge is 2.16. The number of nitrogens with zero attached hydrogens (tertiary/aromatic N) is 1. The molecule has 7 heteroatoms. The minimum atomic E-state index is -0.493. The topological polar surface area (TPSA) is 84.3 Å². The van der Waals surface area contributed by atoms with Crippen LogP contribution in [0.4, 0.5) is 17.1 Å². The SMILES string of the molecule is CNc1cc(C(=O)Nc2cccc(I)c2)ccc1[N+](=O)[O-]. The zero-order chi connectivity index (χ0) is 15.4. The molecule has 6 nitrogen and oxygen atoms in total. The molecule has 0 aliphatic heterocycles. The predicted molar refractivity (Wildman–Crippen MR) is 89.8 cm³/mol. The van der Waals surface area contributed by atoms with E-state index in [1.165, 1.54) is 18.2 Å². The summed E-state index contributed by atoms with van der Waals surface area (Å²) in [6.45, 7) is 0. The molecule has 0 heterocycles. The second kappa shape index (κ2) is 6.53. The molecular formula is C14H12IN3O3. The standard InChI is InChI=1S/C14H12IN3O3/c1-16-12-7-9(5-6-13(12)18(20)21)14(19)17-11-4-2-3-10(15)8-11/h2-8,16H,1H3,(H,17,19). The fourth-order valence-corrected chi connectivity index (χ4v) is 2.35. The van der Waals surface area contributed by atoms with Crippen molar-refractivity contribution in [2.24, 2.45) is 0 Å². The molecule has 0 aliphatic rings. The van der Waals surface area contributed by atoms with Crippen LogP contribution in [-0.2, 0) is 0 Å². The van der Waals surface area contributed by atoms with Crippen molar-refractivity contribution in [3.8, 4) is 0 Å². The van der Waals surface area contributed by atoms with Gasteiger partial charge >= 0.3 is 0 Å². The Morgan fingerprint density at radius 2 is 2.00 bits per heavy atom. The number of halogens is 1. The lowest BCUT2D eigenvalue weighted by Gasteiger charge is -2.08. The normalized spacial score (nSPS) is 10.0. The molecule has 0 aromatic heterocycles. The maximum absolute atomic E-state index is 12.2. The van der Waals surface area contributed by atoms with Crippen LogP contribution in [0.15, 0.2) is 42.5 Å². The first-order valence-electron chi connectivity index (χ1n) is 6.04. The molecular weight excluding hydrogens is 385 g/mol. The molecule has 2 N–H and O–H groups in total. The third-order valence-corrected chi connectivity index (χ3v) is 3.48. The highest BCUT2D eigenvalue weighted by molar-refractivity contribution is 14.1. The molecule has 0 unspecified atom stereocenters. The molecule has 2 aromatic carbocycles. The summed E-state index contributed by atoms with van der Waals surface area (Å²) in [6, 6.07) is 11.6. The van der Waals surface area contributed by atoms with E-state index >= 15 is 0 Å². The number of hydrogen-bond acceptors (Lipinski definition) is 4. The second-order valence-electron chi connectivity index (χ2n) is 4.20. The Bertz CT molecular complexity index is 704. The van der Waals surface area contributed by atoms with Crippen molar-refractivity contribution in [1.29, 1.82) is 0 Å². The first kappa shape index (κ1) is 15.2. The van der Waals surface area contributed by atoms with Crippen LogP contribution in [0.5, 0.6) is 0 Å². The third kappa shape index (κ3) is 3.69. The van der Waals surface area contributed by atoms with E-state index in [2.05, 4.69) is 33.2 Å². The van der Waals surface area contributed by atoms with E-state index in [0.29, 0.717) is 16.9 Å². The molecule has 0 spiro atoms. The highest BCUT2D eigenvalue weighted by Crippen LogP contribution is 2.25. The molecule has 0 fully saturated rings. The lowest BCUT2D eigenvalue weighted by molar-refractivity contribution is -0.383. The van der Waals surface area contributed by atoms with Crippen LogP contribution in [0.1, 0.15) is 10.4 Å². The molecule has 0 saturated heterocycles. The largest absolute Gasteiger partial charge is 0.383 e. The zero-order valence-electron chi connectivity index (χ0n) is 11.1. The molecule has 2 aromatic rings. The van der Waals surface area contributed by atoms with Gasteiger partial charge in [-0.1, -0.05) is 6.07 Å². The smallest absolute Gasteiger partial charge is 0.292 e. The first-order chi connectivity index (χ1) is 10.0. The van der Waals surface area contributed by atoms with Gasteiger partial charge < -0.3 is 10.6 Å². The summed E-state index contributed by atoms with van der Waals surface area (Å²) in [5, 5.41) is 16.3. The van der Waals surface area contributed by atoms with Gasteiger partial charge in [-0.25, -0.2) is 0 Å². The van der Waals surface area contributed by atoms with Crippen LogP contribution in [0.2, 0.25) is 0 Å². The van der Waals surface area contributed by atoms with E-state index in [-0.39, 0.29) is 11.6 Å². The molecule has 108 valence electrons. The van der Waals surface area contributed by atoms with Crippen molar-refractivity contribution < 1.29 is 9.72 Å².